The third-order valence-corrected chi connectivity index (χ3v) is 3.58. The molecule has 0 aromatic heterocycles. The maximum Gasteiger partial charge on any atom is 0.253 e. The summed E-state index contributed by atoms with van der Waals surface area (Å²) < 4.78 is 0. The van der Waals surface area contributed by atoms with Gasteiger partial charge in [-0.1, -0.05) is 12.8 Å². The molecule has 0 bridgehead atoms. The number of anilines is 2. The van der Waals surface area contributed by atoms with E-state index in [9.17, 15) is 4.79 Å². The fourth-order valence-corrected chi connectivity index (χ4v) is 2.68. The molecular weight excluding hydrogens is 226 g/mol. The minimum atomic E-state index is 0.000833. The predicted octanol–water partition coefficient (Wildman–Crippen LogP) is 2.11. The van der Waals surface area contributed by atoms with Gasteiger partial charge in [0.15, 0.2) is 0 Å². The van der Waals surface area contributed by atoms with E-state index in [2.05, 4.69) is 0 Å². The number of hydrogen-bond donors (Lipinski definition) is 2. The van der Waals surface area contributed by atoms with Crippen LogP contribution in [0.4, 0.5) is 11.4 Å². The molecule has 4 nitrogen and oxygen atoms in total. The highest BCUT2D eigenvalue weighted by atomic mass is 16.2. The molecule has 1 aliphatic carbocycles. The molecule has 0 unspecified atom stereocenters. The average molecular weight is 247 g/mol. The average Bonchev–Trinajstić information content (AvgIpc) is 2.79. The summed E-state index contributed by atoms with van der Waals surface area (Å²) in [5.41, 5.74) is 13.1. The monoisotopic (exact) mass is 247 g/mol. The van der Waals surface area contributed by atoms with Crippen LogP contribution < -0.4 is 11.5 Å². The Hall–Kier alpha value is -1.71. The van der Waals surface area contributed by atoms with Crippen molar-refractivity contribution in [3.8, 4) is 0 Å². The van der Waals surface area contributed by atoms with Gasteiger partial charge in [-0.3, -0.25) is 4.79 Å². The van der Waals surface area contributed by atoms with E-state index in [1.54, 1.807) is 23.1 Å². The summed E-state index contributed by atoms with van der Waals surface area (Å²) in [5, 5.41) is 0. The summed E-state index contributed by atoms with van der Waals surface area (Å²) >= 11 is 0. The van der Waals surface area contributed by atoms with Crippen molar-refractivity contribution in [1.82, 2.24) is 4.90 Å². The van der Waals surface area contributed by atoms with Crippen LogP contribution in [-0.2, 0) is 0 Å². The van der Waals surface area contributed by atoms with Crippen LogP contribution in [-0.4, -0.2) is 24.4 Å². The highest BCUT2D eigenvalue weighted by Crippen LogP contribution is 2.25. The molecule has 0 radical (unpaired) electrons. The lowest BCUT2D eigenvalue weighted by Gasteiger charge is -2.21. The van der Waals surface area contributed by atoms with Crippen molar-refractivity contribution in [3.63, 3.8) is 0 Å². The van der Waals surface area contributed by atoms with Crippen molar-refractivity contribution in [3.05, 3.63) is 23.8 Å². The van der Waals surface area contributed by atoms with Gasteiger partial charge in [0.25, 0.3) is 5.91 Å². The molecule has 4 heteroatoms. The largest absolute Gasteiger partial charge is 0.399 e. The summed E-state index contributed by atoms with van der Waals surface area (Å²) in [4.78, 5) is 14.0. The lowest BCUT2D eigenvalue weighted by molar-refractivity contribution is 0.0773. The smallest absolute Gasteiger partial charge is 0.253 e. The fraction of sp³-hybridized carbons (Fsp3) is 0.500. The van der Waals surface area contributed by atoms with Gasteiger partial charge in [-0.15, -0.1) is 0 Å². The Morgan fingerprint density at radius 2 is 1.78 bits per heavy atom. The molecule has 0 spiro atoms. The summed E-state index contributed by atoms with van der Waals surface area (Å²) in [5.74, 6) is 0.651. The zero-order valence-electron chi connectivity index (χ0n) is 10.9. The second kappa shape index (κ2) is 5.29. The topological polar surface area (TPSA) is 72.3 Å². The molecule has 98 valence electrons. The van der Waals surface area contributed by atoms with Gasteiger partial charge in [-0.2, -0.15) is 0 Å². The van der Waals surface area contributed by atoms with Crippen molar-refractivity contribution in [2.75, 3.05) is 25.1 Å². The van der Waals surface area contributed by atoms with Crippen molar-refractivity contribution >= 4 is 17.3 Å². The van der Waals surface area contributed by atoms with E-state index in [1.165, 1.54) is 25.7 Å². The van der Waals surface area contributed by atoms with Gasteiger partial charge in [0.05, 0.1) is 0 Å². The number of carbonyl (C=O) groups is 1. The molecule has 1 fully saturated rings. The van der Waals surface area contributed by atoms with Gasteiger partial charge < -0.3 is 16.4 Å². The number of rotatable bonds is 3. The van der Waals surface area contributed by atoms with E-state index in [1.807, 2.05) is 7.05 Å². The van der Waals surface area contributed by atoms with E-state index < -0.39 is 0 Å². The summed E-state index contributed by atoms with van der Waals surface area (Å²) in [6, 6.07) is 5.03. The van der Waals surface area contributed by atoms with Crippen molar-refractivity contribution in [2.24, 2.45) is 5.92 Å². The van der Waals surface area contributed by atoms with Crippen LogP contribution in [0.25, 0.3) is 0 Å². The van der Waals surface area contributed by atoms with Crippen LogP contribution in [0, 0.1) is 5.92 Å². The van der Waals surface area contributed by atoms with Crippen LogP contribution in [0.1, 0.15) is 36.0 Å². The molecule has 0 heterocycles. The van der Waals surface area contributed by atoms with Gasteiger partial charge in [0, 0.05) is 30.5 Å². The van der Waals surface area contributed by atoms with Crippen LogP contribution in [0.2, 0.25) is 0 Å². The molecule has 18 heavy (non-hydrogen) atoms. The number of benzene rings is 1. The van der Waals surface area contributed by atoms with Crippen molar-refractivity contribution in [2.45, 2.75) is 25.7 Å². The third-order valence-electron chi connectivity index (χ3n) is 3.58. The summed E-state index contributed by atoms with van der Waals surface area (Å²) in [6.07, 6.45) is 5.04. The number of nitrogens with zero attached hydrogens (tertiary/aromatic N) is 1. The maximum absolute atomic E-state index is 12.3. The third kappa shape index (κ3) is 2.94. The van der Waals surface area contributed by atoms with E-state index in [-0.39, 0.29) is 5.91 Å². The van der Waals surface area contributed by atoms with Crippen LogP contribution in [0.15, 0.2) is 18.2 Å². The Morgan fingerprint density at radius 3 is 2.33 bits per heavy atom. The van der Waals surface area contributed by atoms with E-state index in [0.717, 1.165) is 6.54 Å². The lowest BCUT2D eigenvalue weighted by Crippen LogP contribution is -2.31. The predicted molar refractivity (Wildman–Crippen MR) is 74.2 cm³/mol. The lowest BCUT2D eigenvalue weighted by atomic mass is 10.1. The van der Waals surface area contributed by atoms with Crippen LogP contribution in [0.3, 0.4) is 0 Å². The first-order chi connectivity index (χ1) is 8.56. The van der Waals surface area contributed by atoms with E-state index in [4.69, 9.17) is 11.5 Å². The summed E-state index contributed by atoms with van der Waals surface area (Å²) in [7, 11) is 1.85. The number of nitrogen functional groups attached to an aromatic ring is 2. The Bertz CT molecular complexity index is 418. The molecule has 2 rings (SSSR count). The molecule has 1 aliphatic rings. The normalized spacial score (nSPS) is 15.8. The van der Waals surface area contributed by atoms with Gasteiger partial charge in [0.2, 0.25) is 0 Å². The van der Waals surface area contributed by atoms with Gasteiger partial charge in [-0.25, -0.2) is 0 Å². The van der Waals surface area contributed by atoms with E-state index in [0.29, 0.717) is 22.9 Å². The molecule has 0 aliphatic heterocycles. The minimum Gasteiger partial charge on any atom is -0.399 e. The van der Waals surface area contributed by atoms with Crippen molar-refractivity contribution < 1.29 is 4.79 Å². The Labute approximate surface area is 108 Å². The van der Waals surface area contributed by atoms with Gasteiger partial charge in [-0.05, 0) is 37.0 Å². The fourth-order valence-electron chi connectivity index (χ4n) is 2.68. The van der Waals surface area contributed by atoms with Gasteiger partial charge >= 0.3 is 0 Å². The quantitative estimate of drug-likeness (QED) is 0.803. The Morgan fingerprint density at radius 1 is 1.22 bits per heavy atom. The molecule has 4 N–H and O–H groups in total. The van der Waals surface area contributed by atoms with Gasteiger partial charge in [0.1, 0.15) is 0 Å². The Kier molecular flexibility index (Phi) is 3.75. The second-order valence-corrected chi connectivity index (χ2v) is 5.22. The second-order valence-electron chi connectivity index (χ2n) is 5.22. The highest BCUT2D eigenvalue weighted by Gasteiger charge is 2.20. The molecule has 0 atom stereocenters. The van der Waals surface area contributed by atoms with E-state index >= 15 is 0 Å². The first kappa shape index (κ1) is 12.7. The molecular formula is C14H21N3O. The minimum absolute atomic E-state index is 0.000833. The molecule has 1 aromatic carbocycles. The standard InChI is InChI=1S/C14H21N3O/c1-17(9-10-4-2-3-5-10)14(18)11-6-12(15)8-13(16)7-11/h6-8,10H,2-5,9,15-16H2,1H3. The zero-order valence-corrected chi connectivity index (χ0v) is 10.9. The first-order valence-corrected chi connectivity index (χ1v) is 6.48. The highest BCUT2D eigenvalue weighted by molar-refractivity contribution is 5.96. The Balaban J connectivity index is 2.04. The van der Waals surface area contributed by atoms with Crippen LogP contribution >= 0.6 is 0 Å². The molecule has 1 aromatic rings. The first-order valence-electron chi connectivity index (χ1n) is 6.48. The number of amides is 1. The zero-order chi connectivity index (χ0) is 13.1. The number of nitrogens with two attached hydrogens (primary N) is 2. The molecule has 1 saturated carbocycles. The molecule has 1 amide bonds. The number of carbonyl (C=O) groups excluding carboxylic acids is 1. The van der Waals surface area contributed by atoms with Crippen molar-refractivity contribution in [1.29, 1.82) is 0 Å². The summed E-state index contributed by atoms with van der Waals surface area (Å²) in [6.45, 7) is 0.827. The SMILES string of the molecule is CN(CC1CCCC1)C(=O)c1cc(N)cc(N)c1. The van der Waals surface area contributed by atoms with Crippen LogP contribution in [0.5, 0.6) is 0 Å². The molecule has 0 saturated heterocycles. The maximum atomic E-state index is 12.3. The number of hydrogen-bond acceptors (Lipinski definition) is 3.